The summed E-state index contributed by atoms with van der Waals surface area (Å²) in [6.45, 7) is 4.61. The van der Waals surface area contributed by atoms with Gasteiger partial charge in [-0.1, -0.05) is 53.7 Å². The number of fused-ring (bicyclic) bond motifs is 2. The Balaban J connectivity index is 1.31. The van der Waals surface area contributed by atoms with Gasteiger partial charge < -0.3 is 29.0 Å². The molecule has 0 radical (unpaired) electrons. The summed E-state index contributed by atoms with van der Waals surface area (Å²) in [5, 5.41) is 15.7. The summed E-state index contributed by atoms with van der Waals surface area (Å²) < 4.78 is 28.9. The molecule has 252 valence electrons. The lowest BCUT2D eigenvalue weighted by Gasteiger charge is -2.44. The first-order chi connectivity index (χ1) is 23.0. The van der Waals surface area contributed by atoms with Crippen LogP contribution in [0.1, 0.15) is 45.4 Å². The molecule has 14 heteroatoms. The number of carbonyl (C=O) groups is 5. The Bertz CT molecular complexity index is 1790. The van der Waals surface area contributed by atoms with Gasteiger partial charge in [0.1, 0.15) is 12.7 Å². The predicted octanol–water partition coefficient (Wildman–Crippen LogP) is 2.76. The van der Waals surface area contributed by atoms with Gasteiger partial charge in [0.15, 0.2) is 24.5 Å². The number of carbonyl (C=O) groups excluding carboxylic acids is 5. The van der Waals surface area contributed by atoms with E-state index in [-0.39, 0.29) is 12.8 Å². The van der Waals surface area contributed by atoms with Gasteiger partial charge in [-0.25, -0.2) is 4.68 Å². The molecule has 0 unspecified atom stereocenters. The molecule has 5 atom stereocenters. The summed E-state index contributed by atoms with van der Waals surface area (Å²) in [6, 6.07) is 18.5. The quantitative estimate of drug-likeness (QED) is 0.142. The van der Waals surface area contributed by atoms with Gasteiger partial charge in [-0.3, -0.25) is 24.0 Å². The van der Waals surface area contributed by atoms with Crippen LogP contribution in [0.4, 0.5) is 0 Å². The van der Waals surface area contributed by atoms with E-state index in [9.17, 15) is 24.0 Å². The van der Waals surface area contributed by atoms with Crippen LogP contribution in [0.5, 0.6) is 0 Å². The van der Waals surface area contributed by atoms with Gasteiger partial charge in [-0.15, -0.1) is 5.10 Å². The summed E-state index contributed by atoms with van der Waals surface area (Å²) in [7, 11) is 0. The first kappa shape index (κ1) is 34.0. The Hall–Kier alpha value is -5.37. The van der Waals surface area contributed by atoms with Gasteiger partial charge in [0, 0.05) is 46.7 Å². The second-order valence-corrected chi connectivity index (χ2v) is 11.4. The van der Waals surface area contributed by atoms with Crippen molar-refractivity contribution in [3.8, 4) is 0 Å². The third-order valence-electron chi connectivity index (χ3n) is 7.69. The Morgan fingerprint density at radius 2 is 1.38 bits per heavy atom. The monoisotopic (exact) mass is 660 g/mol. The fraction of sp³-hybridized carbons (Fsp3) is 0.382. The predicted molar refractivity (Wildman–Crippen MR) is 169 cm³/mol. The first-order valence-corrected chi connectivity index (χ1v) is 15.4. The van der Waals surface area contributed by atoms with Crippen LogP contribution < -0.4 is 5.32 Å². The number of ether oxygens (including phenoxy) is 5. The number of hydrogen-bond donors (Lipinski definition) is 1. The maximum atomic E-state index is 13.2. The molecule has 1 aliphatic rings. The minimum Gasteiger partial charge on any atom is -0.463 e. The molecule has 0 spiro atoms. The SMILES string of the molecule is CC(=O)OC[C@H]1O[C@@H](NC(=O)CCc2cn(Cc3c4ccccc4cc4ccccc34)nn2)[C@H](OC(C)=O)[C@@H](OC(C)=O)[C@@H]1OC(C)=O. The van der Waals surface area contributed by atoms with E-state index in [0.717, 1.165) is 47.9 Å². The summed E-state index contributed by atoms with van der Waals surface area (Å²) >= 11 is 0. The van der Waals surface area contributed by atoms with Crippen LogP contribution in [0.2, 0.25) is 0 Å². The molecule has 14 nitrogen and oxygen atoms in total. The summed E-state index contributed by atoms with van der Waals surface area (Å²) in [5.74, 6) is -3.44. The highest BCUT2D eigenvalue weighted by molar-refractivity contribution is 6.02. The van der Waals surface area contributed by atoms with Crippen molar-refractivity contribution in [2.45, 2.75) is 77.7 Å². The lowest BCUT2D eigenvalue weighted by molar-refractivity contribution is -0.257. The zero-order chi connectivity index (χ0) is 34.4. The molecule has 0 saturated carbocycles. The normalized spacial score (nSPS) is 20.5. The van der Waals surface area contributed by atoms with E-state index in [1.807, 2.05) is 24.3 Å². The third-order valence-corrected chi connectivity index (χ3v) is 7.69. The highest BCUT2D eigenvalue weighted by atomic mass is 16.7. The maximum Gasteiger partial charge on any atom is 0.303 e. The fourth-order valence-electron chi connectivity index (χ4n) is 5.79. The molecule has 2 heterocycles. The van der Waals surface area contributed by atoms with E-state index < -0.39 is 67.0 Å². The average molecular weight is 661 g/mol. The van der Waals surface area contributed by atoms with Gasteiger partial charge in [0.2, 0.25) is 5.91 Å². The van der Waals surface area contributed by atoms with Gasteiger partial charge in [-0.05, 0) is 33.2 Å². The second kappa shape index (κ2) is 15.0. The van der Waals surface area contributed by atoms with E-state index in [1.165, 1.54) is 6.92 Å². The van der Waals surface area contributed by atoms with Crippen molar-refractivity contribution in [2.75, 3.05) is 6.61 Å². The standard InChI is InChI=1S/C34H36N4O10/c1-19(39)44-18-29-31(45-20(2)40)32(46-21(3)41)33(47-22(4)42)34(48-29)35-30(43)14-13-25-16-38(37-36-25)17-28-26-11-7-5-9-23(26)15-24-10-6-8-12-27(24)28/h5-12,15-16,29,31-34H,13-14,17-18H2,1-4H3,(H,35,43)/t29-,31-,32+,33-,34-/m1/s1. The molecule has 48 heavy (non-hydrogen) atoms. The number of nitrogens with one attached hydrogen (secondary N) is 1. The Morgan fingerprint density at radius 3 is 1.98 bits per heavy atom. The smallest absolute Gasteiger partial charge is 0.303 e. The summed E-state index contributed by atoms with van der Waals surface area (Å²) in [4.78, 5) is 60.8. The van der Waals surface area contributed by atoms with Crippen LogP contribution in [0.3, 0.4) is 0 Å². The van der Waals surface area contributed by atoms with Gasteiger partial charge in [-0.2, -0.15) is 0 Å². The molecule has 5 rings (SSSR count). The van der Waals surface area contributed by atoms with Crippen molar-refractivity contribution >= 4 is 51.3 Å². The number of benzene rings is 3. The summed E-state index contributed by atoms with van der Waals surface area (Å²) in [6.07, 6.45) is -4.70. The number of nitrogens with zero attached hydrogens (tertiary/aromatic N) is 3. The highest BCUT2D eigenvalue weighted by Gasteiger charge is 2.52. The average Bonchev–Trinajstić information content (AvgIpc) is 3.48. The second-order valence-electron chi connectivity index (χ2n) is 11.4. The zero-order valence-electron chi connectivity index (χ0n) is 26.9. The number of amides is 1. The van der Waals surface area contributed by atoms with Crippen LogP contribution in [0.15, 0.2) is 60.8 Å². The van der Waals surface area contributed by atoms with Gasteiger partial charge >= 0.3 is 23.9 Å². The molecule has 1 saturated heterocycles. The largest absolute Gasteiger partial charge is 0.463 e. The lowest BCUT2D eigenvalue weighted by Crippen LogP contribution is -2.66. The number of rotatable bonds is 11. The zero-order valence-corrected chi connectivity index (χ0v) is 26.9. The van der Waals surface area contributed by atoms with Crippen molar-refractivity contribution < 1.29 is 47.7 Å². The lowest BCUT2D eigenvalue weighted by atomic mass is 9.97. The third kappa shape index (κ3) is 8.31. The number of esters is 4. The van der Waals surface area contributed by atoms with Crippen molar-refractivity contribution in [1.82, 2.24) is 20.3 Å². The molecule has 1 fully saturated rings. The van der Waals surface area contributed by atoms with E-state index in [4.69, 9.17) is 23.7 Å². The van der Waals surface area contributed by atoms with Crippen LogP contribution in [-0.4, -0.2) is 82.0 Å². The van der Waals surface area contributed by atoms with Gasteiger partial charge in [0.05, 0.1) is 12.2 Å². The van der Waals surface area contributed by atoms with Crippen molar-refractivity contribution in [3.05, 3.63) is 72.1 Å². The van der Waals surface area contributed by atoms with Gasteiger partial charge in [0.25, 0.3) is 0 Å². The highest BCUT2D eigenvalue weighted by Crippen LogP contribution is 2.30. The number of hydrogen-bond acceptors (Lipinski definition) is 12. The topological polar surface area (TPSA) is 174 Å². The fourth-order valence-corrected chi connectivity index (χ4v) is 5.79. The number of aromatic nitrogens is 3. The molecule has 0 aliphatic carbocycles. The molecule has 1 aliphatic heterocycles. The Kier molecular flexibility index (Phi) is 10.6. The van der Waals surface area contributed by atoms with Crippen molar-refractivity contribution in [3.63, 3.8) is 0 Å². The van der Waals surface area contributed by atoms with E-state index in [0.29, 0.717) is 12.2 Å². The Morgan fingerprint density at radius 1 is 0.792 bits per heavy atom. The first-order valence-electron chi connectivity index (χ1n) is 15.4. The maximum absolute atomic E-state index is 13.2. The van der Waals surface area contributed by atoms with E-state index >= 15 is 0 Å². The molecule has 1 amide bonds. The summed E-state index contributed by atoms with van der Waals surface area (Å²) in [5.41, 5.74) is 1.66. The van der Waals surface area contributed by atoms with E-state index in [2.05, 4.69) is 46.0 Å². The minimum absolute atomic E-state index is 0.0528. The molecular formula is C34H36N4O10. The van der Waals surface area contributed by atoms with Crippen LogP contribution in [0.25, 0.3) is 21.5 Å². The molecule has 4 aromatic rings. The number of aryl methyl sites for hydroxylation is 1. The minimum atomic E-state index is -1.40. The van der Waals surface area contributed by atoms with Crippen molar-refractivity contribution in [2.24, 2.45) is 0 Å². The van der Waals surface area contributed by atoms with Crippen LogP contribution >= 0.6 is 0 Å². The van der Waals surface area contributed by atoms with Crippen molar-refractivity contribution in [1.29, 1.82) is 0 Å². The molecule has 1 aromatic heterocycles. The van der Waals surface area contributed by atoms with Crippen LogP contribution in [0, 0.1) is 0 Å². The molecule has 0 bridgehead atoms. The molecule has 3 aromatic carbocycles. The Labute approximate surface area is 275 Å². The molecule has 1 N–H and O–H groups in total. The van der Waals surface area contributed by atoms with Crippen LogP contribution in [-0.2, 0) is 60.6 Å². The molecular weight excluding hydrogens is 624 g/mol. The van der Waals surface area contributed by atoms with E-state index in [1.54, 1.807) is 10.9 Å².